The van der Waals surface area contributed by atoms with Crippen molar-refractivity contribution in [2.45, 2.75) is 40.7 Å². The minimum absolute atomic E-state index is 0.275. The topological polar surface area (TPSA) is 25.2 Å². The Morgan fingerprint density at radius 3 is 2.53 bits per heavy atom. The van der Waals surface area contributed by atoms with Gasteiger partial charge in [0.25, 0.3) is 0 Å². The van der Waals surface area contributed by atoms with Gasteiger partial charge in [-0.3, -0.25) is 0 Å². The Labute approximate surface area is 92.4 Å². The first kappa shape index (κ1) is 12.1. The van der Waals surface area contributed by atoms with E-state index in [1.807, 2.05) is 13.8 Å². The van der Waals surface area contributed by atoms with Gasteiger partial charge < -0.3 is 9.73 Å². The van der Waals surface area contributed by atoms with Crippen molar-refractivity contribution in [3.05, 3.63) is 34.8 Å². The van der Waals surface area contributed by atoms with Gasteiger partial charge in [-0.05, 0) is 40.3 Å². The van der Waals surface area contributed by atoms with Gasteiger partial charge in [-0.25, -0.2) is 0 Å². The number of likely N-dealkylation sites (N-methyl/N-ethyl adjacent to an activating group) is 1. The predicted octanol–water partition coefficient (Wildman–Crippen LogP) is 3.51. The summed E-state index contributed by atoms with van der Waals surface area (Å²) in [7, 11) is 0. The highest BCUT2D eigenvalue weighted by atomic mass is 16.3. The Kier molecular flexibility index (Phi) is 4.15. The van der Waals surface area contributed by atoms with Crippen molar-refractivity contribution in [1.29, 1.82) is 0 Å². The van der Waals surface area contributed by atoms with Crippen LogP contribution in [-0.4, -0.2) is 6.54 Å². The largest absolute Gasteiger partial charge is 0.466 e. The normalized spacial score (nSPS) is 12.6. The molecule has 0 saturated carbocycles. The van der Waals surface area contributed by atoms with E-state index in [4.69, 9.17) is 4.42 Å². The van der Waals surface area contributed by atoms with Crippen LogP contribution in [-0.2, 0) is 0 Å². The summed E-state index contributed by atoms with van der Waals surface area (Å²) in [5.41, 5.74) is 2.56. The van der Waals surface area contributed by atoms with E-state index in [1.165, 1.54) is 11.1 Å². The van der Waals surface area contributed by atoms with Crippen LogP contribution in [0, 0.1) is 13.8 Å². The molecule has 1 aromatic rings. The zero-order valence-corrected chi connectivity index (χ0v) is 10.3. The number of rotatable bonds is 4. The maximum atomic E-state index is 5.55. The zero-order valence-electron chi connectivity index (χ0n) is 10.3. The lowest BCUT2D eigenvalue weighted by molar-refractivity contribution is 0.496. The minimum atomic E-state index is 0.275. The first-order valence-corrected chi connectivity index (χ1v) is 5.50. The summed E-state index contributed by atoms with van der Waals surface area (Å²) >= 11 is 0. The Morgan fingerprint density at radius 2 is 2.13 bits per heavy atom. The molecule has 0 aromatic carbocycles. The van der Waals surface area contributed by atoms with E-state index < -0.39 is 0 Å². The molecule has 2 heteroatoms. The first-order valence-electron chi connectivity index (χ1n) is 5.50. The fourth-order valence-corrected chi connectivity index (χ4v) is 1.77. The van der Waals surface area contributed by atoms with Crippen LogP contribution >= 0.6 is 0 Å². The fraction of sp³-hybridized carbons (Fsp3) is 0.538. The van der Waals surface area contributed by atoms with Gasteiger partial charge in [0.05, 0.1) is 6.04 Å². The summed E-state index contributed by atoms with van der Waals surface area (Å²) in [4.78, 5) is 0. The molecule has 1 rings (SSSR count). The molecule has 1 N–H and O–H groups in total. The Hall–Kier alpha value is -1.02. The van der Waals surface area contributed by atoms with Crippen LogP contribution in [0.4, 0.5) is 0 Å². The smallest absolute Gasteiger partial charge is 0.106 e. The van der Waals surface area contributed by atoms with Gasteiger partial charge in [-0.15, -0.1) is 0 Å². The van der Waals surface area contributed by atoms with Crippen LogP contribution < -0.4 is 5.32 Å². The quantitative estimate of drug-likeness (QED) is 0.764. The molecule has 1 atom stereocenters. The lowest BCUT2D eigenvalue weighted by atomic mass is 10.1. The third-order valence-corrected chi connectivity index (χ3v) is 2.34. The average Bonchev–Trinajstić information content (AvgIpc) is 2.44. The zero-order chi connectivity index (χ0) is 11.4. The maximum absolute atomic E-state index is 5.55. The molecule has 84 valence electrons. The van der Waals surface area contributed by atoms with Gasteiger partial charge in [0.1, 0.15) is 11.5 Å². The van der Waals surface area contributed by atoms with Crippen molar-refractivity contribution in [3.63, 3.8) is 0 Å². The molecule has 0 aliphatic rings. The van der Waals surface area contributed by atoms with Crippen molar-refractivity contribution in [2.24, 2.45) is 0 Å². The van der Waals surface area contributed by atoms with Crippen LogP contribution in [0.3, 0.4) is 0 Å². The van der Waals surface area contributed by atoms with E-state index in [1.54, 1.807) is 0 Å². The summed E-state index contributed by atoms with van der Waals surface area (Å²) in [6.45, 7) is 11.3. The molecular weight excluding hydrogens is 186 g/mol. The van der Waals surface area contributed by atoms with Crippen LogP contribution in [0.15, 0.2) is 22.1 Å². The average molecular weight is 207 g/mol. The van der Waals surface area contributed by atoms with Gasteiger partial charge in [0.2, 0.25) is 0 Å². The molecular formula is C13H21NO. The molecule has 0 radical (unpaired) electrons. The molecule has 0 aliphatic carbocycles. The highest BCUT2D eigenvalue weighted by Gasteiger charge is 2.13. The molecule has 2 nitrogen and oxygen atoms in total. The summed E-state index contributed by atoms with van der Waals surface area (Å²) in [6, 6.07) is 2.39. The van der Waals surface area contributed by atoms with E-state index in [9.17, 15) is 0 Å². The van der Waals surface area contributed by atoms with Gasteiger partial charge in [-0.2, -0.15) is 0 Å². The molecule has 1 heterocycles. The molecule has 0 aliphatic heterocycles. The lowest BCUT2D eigenvalue weighted by Gasteiger charge is -2.13. The Bertz CT molecular complexity index is 345. The number of allylic oxidation sites excluding steroid dienone is 1. The van der Waals surface area contributed by atoms with Crippen LogP contribution in [0.1, 0.15) is 43.9 Å². The maximum Gasteiger partial charge on any atom is 0.106 e. The van der Waals surface area contributed by atoms with Gasteiger partial charge in [0.15, 0.2) is 0 Å². The van der Waals surface area contributed by atoms with Crippen molar-refractivity contribution >= 4 is 0 Å². The van der Waals surface area contributed by atoms with Crippen molar-refractivity contribution in [3.8, 4) is 0 Å². The molecule has 15 heavy (non-hydrogen) atoms. The van der Waals surface area contributed by atoms with E-state index in [2.05, 4.69) is 38.2 Å². The van der Waals surface area contributed by atoms with E-state index in [0.29, 0.717) is 0 Å². The molecule has 0 saturated heterocycles. The standard InChI is InChI=1S/C13H21NO/c1-6-14-13(7-9(2)3)12-8-10(4)15-11(12)5/h7-8,13-14H,6H2,1-5H3. The molecule has 1 unspecified atom stereocenters. The highest BCUT2D eigenvalue weighted by Crippen LogP contribution is 2.23. The first-order chi connectivity index (χ1) is 7.04. The molecule has 0 amide bonds. The van der Waals surface area contributed by atoms with Crippen molar-refractivity contribution in [2.75, 3.05) is 6.54 Å². The SMILES string of the molecule is CCNC(C=C(C)C)c1cc(C)oc1C. The Morgan fingerprint density at radius 1 is 1.47 bits per heavy atom. The third kappa shape index (κ3) is 3.24. The van der Waals surface area contributed by atoms with Gasteiger partial charge in [-0.1, -0.05) is 18.6 Å². The minimum Gasteiger partial charge on any atom is -0.466 e. The van der Waals surface area contributed by atoms with Crippen LogP contribution in [0.5, 0.6) is 0 Å². The summed E-state index contributed by atoms with van der Waals surface area (Å²) in [6.07, 6.45) is 2.24. The number of hydrogen-bond donors (Lipinski definition) is 1. The van der Waals surface area contributed by atoms with Gasteiger partial charge in [0, 0.05) is 5.56 Å². The van der Waals surface area contributed by atoms with E-state index in [-0.39, 0.29) is 6.04 Å². The number of aryl methyl sites for hydroxylation is 2. The molecule has 0 bridgehead atoms. The Balaban J connectivity index is 2.98. The lowest BCUT2D eigenvalue weighted by Crippen LogP contribution is -2.19. The van der Waals surface area contributed by atoms with Crippen molar-refractivity contribution in [1.82, 2.24) is 5.32 Å². The summed E-state index contributed by atoms with van der Waals surface area (Å²) < 4.78 is 5.55. The number of nitrogens with one attached hydrogen (secondary N) is 1. The summed E-state index contributed by atoms with van der Waals surface area (Å²) in [5, 5.41) is 3.45. The van der Waals surface area contributed by atoms with E-state index >= 15 is 0 Å². The fourth-order valence-electron chi connectivity index (χ4n) is 1.77. The summed E-state index contributed by atoms with van der Waals surface area (Å²) in [5.74, 6) is 1.99. The van der Waals surface area contributed by atoms with Crippen molar-refractivity contribution < 1.29 is 4.42 Å². The highest BCUT2D eigenvalue weighted by molar-refractivity contribution is 5.28. The molecule has 0 fully saturated rings. The predicted molar refractivity (Wildman–Crippen MR) is 64.0 cm³/mol. The second kappa shape index (κ2) is 5.17. The van der Waals surface area contributed by atoms with Crippen LogP contribution in [0.2, 0.25) is 0 Å². The third-order valence-electron chi connectivity index (χ3n) is 2.34. The number of hydrogen-bond acceptors (Lipinski definition) is 2. The van der Waals surface area contributed by atoms with Crippen LogP contribution in [0.25, 0.3) is 0 Å². The molecule has 1 aromatic heterocycles. The second-order valence-corrected chi connectivity index (χ2v) is 4.15. The van der Waals surface area contributed by atoms with E-state index in [0.717, 1.165) is 18.1 Å². The monoisotopic (exact) mass is 207 g/mol. The second-order valence-electron chi connectivity index (χ2n) is 4.15. The number of furan rings is 1. The molecule has 0 spiro atoms. The van der Waals surface area contributed by atoms with Gasteiger partial charge >= 0.3 is 0 Å².